The number of carbonyl (C=O) groups is 2. The van der Waals surface area contributed by atoms with Crippen LogP contribution in [0, 0.1) is 5.92 Å². The van der Waals surface area contributed by atoms with Crippen LogP contribution in [0.4, 0.5) is 10.5 Å². The van der Waals surface area contributed by atoms with Gasteiger partial charge in [-0.3, -0.25) is 9.69 Å². The molecule has 3 N–H and O–H groups in total. The minimum Gasteiger partial charge on any atom is -0.493 e. The van der Waals surface area contributed by atoms with E-state index in [2.05, 4.69) is 34.6 Å². The first-order chi connectivity index (χ1) is 22.3. The van der Waals surface area contributed by atoms with Gasteiger partial charge in [-0.25, -0.2) is 4.79 Å². The number of urea groups is 1. The summed E-state index contributed by atoms with van der Waals surface area (Å²) in [6.45, 7) is 6.23. The third-order valence-corrected chi connectivity index (χ3v) is 8.50. The van der Waals surface area contributed by atoms with Crippen LogP contribution in [-0.4, -0.2) is 68.6 Å². The van der Waals surface area contributed by atoms with Gasteiger partial charge in [-0.15, -0.1) is 0 Å². The molecule has 4 unspecified atom stereocenters. The number of benzene rings is 3. The predicted octanol–water partition coefficient (Wildman–Crippen LogP) is 4.73. The van der Waals surface area contributed by atoms with E-state index in [1.165, 1.54) is 11.1 Å². The number of ether oxygens (including phenoxy) is 5. The SMILES string of the molecule is CCOC(=O)CNC(=O)Nc1ccc(C2OC(CN3CCc4cc(OC)c(OC)cc4C3)C(C)C(c3ccc(CO)cc3)O2)cc1. The van der Waals surface area contributed by atoms with Crippen molar-refractivity contribution in [2.24, 2.45) is 5.92 Å². The summed E-state index contributed by atoms with van der Waals surface area (Å²) in [7, 11) is 3.31. The van der Waals surface area contributed by atoms with Gasteiger partial charge >= 0.3 is 12.0 Å². The zero-order valence-corrected chi connectivity index (χ0v) is 26.8. The standard InChI is InChI=1S/C35H43N3O8/c1-5-44-32(40)18-36-35(41)37-28-12-10-25(11-13-28)34-45-31(22(2)33(46-34)24-8-6-23(21-39)7-9-24)20-38-15-14-26-16-29(42-3)30(43-4)17-27(26)19-38/h6-13,16-17,22,31,33-34,39H,5,14-15,18-21H2,1-4H3,(H2,36,37,41). The lowest BCUT2D eigenvalue weighted by atomic mass is 9.89. The zero-order valence-electron chi connectivity index (χ0n) is 26.8. The van der Waals surface area contributed by atoms with Crippen LogP contribution in [0.1, 0.15) is 54.1 Å². The monoisotopic (exact) mass is 633 g/mol. The molecule has 3 aromatic carbocycles. The van der Waals surface area contributed by atoms with Crippen LogP contribution in [0.2, 0.25) is 0 Å². The molecule has 2 aliphatic rings. The van der Waals surface area contributed by atoms with Crippen LogP contribution in [0.3, 0.4) is 0 Å². The summed E-state index contributed by atoms with van der Waals surface area (Å²) in [4.78, 5) is 26.2. The molecule has 0 aromatic heterocycles. The van der Waals surface area contributed by atoms with Gasteiger partial charge in [-0.2, -0.15) is 0 Å². The molecule has 0 radical (unpaired) electrons. The summed E-state index contributed by atoms with van der Waals surface area (Å²) in [5.41, 5.74) is 5.70. The molecule has 4 atom stereocenters. The topological polar surface area (TPSA) is 128 Å². The molecule has 1 fully saturated rings. The second kappa shape index (κ2) is 15.4. The number of anilines is 1. The first kappa shape index (κ1) is 33.2. The Morgan fingerprint density at radius 1 is 0.957 bits per heavy atom. The molecule has 2 aliphatic heterocycles. The van der Waals surface area contributed by atoms with Crippen molar-refractivity contribution in [3.8, 4) is 11.5 Å². The minimum absolute atomic E-state index is 0.0238. The molecule has 11 nitrogen and oxygen atoms in total. The summed E-state index contributed by atoms with van der Waals surface area (Å²) in [5.74, 6) is 0.997. The van der Waals surface area contributed by atoms with E-state index in [0.717, 1.165) is 47.7 Å². The summed E-state index contributed by atoms with van der Waals surface area (Å²) in [6.07, 6.45) is -0.138. The number of hydrogen-bond donors (Lipinski definition) is 3. The van der Waals surface area contributed by atoms with E-state index in [1.807, 2.05) is 36.4 Å². The Hall–Kier alpha value is -4.16. The smallest absolute Gasteiger partial charge is 0.325 e. The molecule has 0 saturated carbocycles. The molecule has 46 heavy (non-hydrogen) atoms. The van der Waals surface area contributed by atoms with Crippen LogP contribution in [0.5, 0.6) is 11.5 Å². The summed E-state index contributed by atoms with van der Waals surface area (Å²) in [6, 6.07) is 18.7. The van der Waals surface area contributed by atoms with Crippen molar-refractivity contribution in [1.82, 2.24) is 10.2 Å². The van der Waals surface area contributed by atoms with Gasteiger partial charge in [0.2, 0.25) is 0 Å². The molecule has 0 spiro atoms. The van der Waals surface area contributed by atoms with Crippen molar-refractivity contribution in [3.63, 3.8) is 0 Å². The second-order valence-electron chi connectivity index (χ2n) is 11.5. The number of methoxy groups -OCH3 is 2. The normalized spacial score (nSPS) is 21.2. The van der Waals surface area contributed by atoms with E-state index >= 15 is 0 Å². The number of rotatable bonds is 11. The van der Waals surface area contributed by atoms with Crippen molar-refractivity contribution in [3.05, 3.63) is 88.5 Å². The lowest BCUT2D eigenvalue weighted by Crippen LogP contribution is -2.45. The van der Waals surface area contributed by atoms with E-state index in [1.54, 1.807) is 33.3 Å². The van der Waals surface area contributed by atoms with Crippen molar-refractivity contribution < 1.29 is 38.4 Å². The maximum absolute atomic E-state index is 12.3. The number of aliphatic hydroxyl groups excluding tert-OH is 1. The third-order valence-electron chi connectivity index (χ3n) is 8.50. The molecule has 0 bridgehead atoms. The Kier molecular flexibility index (Phi) is 11.1. The number of amides is 2. The van der Waals surface area contributed by atoms with Gasteiger partial charge in [0.15, 0.2) is 17.8 Å². The van der Waals surface area contributed by atoms with Gasteiger partial charge in [0.25, 0.3) is 0 Å². The van der Waals surface area contributed by atoms with Gasteiger partial charge in [0.1, 0.15) is 6.54 Å². The largest absolute Gasteiger partial charge is 0.493 e. The lowest BCUT2D eigenvalue weighted by Gasteiger charge is -2.43. The fourth-order valence-electron chi connectivity index (χ4n) is 5.94. The number of nitrogens with one attached hydrogen (secondary N) is 2. The highest BCUT2D eigenvalue weighted by Crippen LogP contribution is 2.42. The van der Waals surface area contributed by atoms with Crippen molar-refractivity contribution in [2.45, 2.75) is 51.9 Å². The third kappa shape index (κ3) is 7.97. The molecule has 0 aliphatic carbocycles. The predicted molar refractivity (Wildman–Crippen MR) is 172 cm³/mol. The van der Waals surface area contributed by atoms with Crippen LogP contribution in [0.15, 0.2) is 60.7 Å². The zero-order chi connectivity index (χ0) is 32.6. The van der Waals surface area contributed by atoms with E-state index in [-0.39, 0.29) is 37.9 Å². The van der Waals surface area contributed by atoms with E-state index < -0.39 is 18.3 Å². The fraction of sp³-hybridized carbons (Fsp3) is 0.429. The number of esters is 1. The number of fused-ring (bicyclic) bond motifs is 1. The average molecular weight is 634 g/mol. The van der Waals surface area contributed by atoms with Gasteiger partial charge < -0.3 is 39.4 Å². The summed E-state index contributed by atoms with van der Waals surface area (Å²) in [5, 5.41) is 14.8. The van der Waals surface area contributed by atoms with Crippen molar-refractivity contribution in [1.29, 1.82) is 0 Å². The molecular weight excluding hydrogens is 590 g/mol. The van der Waals surface area contributed by atoms with Gasteiger partial charge in [0.05, 0.1) is 39.6 Å². The van der Waals surface area contributed by atoms with Crippen LogP contribution in [-0.2, 0) is 38.6 Å². The minimum atomic E-state index is -0.642. The first-order valence-electron chi connectivity index (χ1n) is 15.6. The molecule has 5 rings (SSSR count). The molecular formula is C35H43N3O8. The van der Waals surface area contributed by atoms with Crippen LogP contribution < -0.4 is 20.1 Å². The van der Waals surface area contributed by atoms with Crippen molar-refractivity contribution in [2.75, 3.05) is 45.8 Å². The Labute approximate surface area is 269 Å². The highest BCUT2D eigenvalue weighted by molar-refractivity contribution is 5.91. The maximum atomic E-state index is 12.3. The number of aliphatic hydroxyl groups is 1. The molecule has 11 heteroatoms. The Morgan fingerprint density at radius 2 is 1.63 bits per heavy atom. The van der Waals surface area contributed by atoms with E-state index in [9.17, 15) is 14.7 Å². The first-order valence-corrected chi connectivity index (χ1v) is 15.6. The molecule has 2 amide bonds. The summed E-state index contributed by atoms with van der Waals surface area (Å²) >= 11 is 0. The Bertz CT molecular complexity index is 1480. The Morgan fingerprint density at radius 3 is 2.28 bits per heavy atom. The van der Waals surface area contributed by atoms with Gasteiger partial charge in [-0.1, -0.05) is 43.3 Å². The number of nitrogens with zero attached hydrogens (tertiary/aromatic N) is 1. The molecule has 2 heterocycles. The van der Waals surface area contributed by atoms with E-state index in [0.29, 0.717) is 12.2 Å². The number of hydrogen-bond acceptors (Lipinski definition) is 9. The fourth-order valence-corrected chi connectivity index (χ4v) is 5.94. The summed E-state index contributed by atoms with van der Waals surface area (Å²) < 4.78 is 29.2. The van der Waals surface area contributed by atoms with Crippen molar-refractivity contribution >= 4 is 17.7 Å². The number of carbonyl (C=O) groups excluding carboxylic acids is 2. The van der Waals surface area contributed by atoms with Crippen LogP contribution >= 0.6 is 0 Å². The molecule has 3 aromatic rings. The van der Waals surface area contributed by atoms with Gasteiger partial charge in [0, 0.05) is 36.8 Å². The highest BCUT2D eigenvalue weighted by atomic mass is 16.7. The second-order valence-corrected chi connectivity index (χ2v) is 11.5. The van der Waals surface area contributed by atoms with Gasteiger partial charge in [-0.05, 0) is 59.9 Å². The van der Waals surface area contributed by atoms with E-state index in [4.69, 9.17) is 23.7 Å². The Balaban J connectivity index is 1.31. The highest BCUT2D eigenvalue weighted by Gasteiger charge is 2.39. The lowest BCUT2D eigenvalue weighted by molar-refractivity contribution is -0.276. The molecule has 246 valence electrons. The molecule has 1 saturated heterocycles. The van der Waals surface area contributed by atoms with Crippen LogP contribution in [0.25, 0.3) is 0 Å². The maximum Gasteiger partial charge on any atom is 0.325 e. The average Bonchev–Trinajstić information content (AvgIpc) is 3.08. The quantitative estimate of drug-likeness (QED) is 0.257.